The molecule has 4 fully saturated rings. The van der Waals surface area contributed by atoms with Gasteiger partial charge in [0.05, 0.1) is 11.3 Å². The standard InChI is InChI=1S/C28H29ClN2OS/c29-21-7-5-20(6-8-21)26-22-3-1-2-4-24(22)31-27(23(26)15-30)33-16-25(32)28-12-17-9-18(13-28)11-19(10-17)14-28/h5-8,17-19H,1-4,9-14,16H2. The maximum absolute atomic E-state index is 13.6. The van der Waals surface area contributed by atoms with Crippen molar-refractivity contribution in [2.75, 3.05) is 5.75 Å². The molecule has 1 heterocycles. The predicted octanol–water partition coefficient (Wildman–Crippen LogP) is 7.03. The molecule has 0 amide bonds. The van der Waals surface area contributed by atoms with Crippen LogP contribution in [0.5, 0.6) is 0 Å². The molecule has 2 aromatic rings. The molecule has 170 valence electrons. The topological polar surface area (TPSA) is 53.8 Å². The van der Waals surface area contributed by atoms with E-state index < -0.39 is 0 Å². The van der Waals surface area contributed by atoms with Crippen molar-refractivity contribution < 1.29 is 4.79 Å². The molecule has 7 rings (SSSR count). The van der Waals surface area contributed by atoms with Gasteiger partial charge in [-0.25, -0.2) is 4.98 Å². The summed E-state index contributed by atoms with van der Waals surface area (Å²) in [4.78, 5) is 18.6. The molecule has 0 radical (unpaired) electrons. The van der Waals surface area contributed by atoms with Crippen molar-refractivity contribution in [1.82, 2.24) is 4.98 Å². The summed E-state index contributed by atoms with van der Waals surface area (Å²) >= 11 is 7.65. The van der Waals surface area contributed by atoms with Crippen LogP contribution >= 0.6 is 23.4 Å². The van der Waals surface area contributed by atoms with Crippen molar-refractivity contribution >= 4 is 29.1 Å². The van der Waals surface area contributed by atoms with Crippen molar-refractivity contribution in [3.05, 3.63) is 46.1 Å². The number of pyridine rings is 1. The van der Waals surface area contributed by atoms with Crippen LogP contribution < -0.4 is 0 Å². The van der Waals surface area contributed by atoms with Crippen LogP contribution in [0.25, 0.3) is 11.1 Å². The first-order valence-electron chi connectivity index (χ1n) is 12.4. The Morgan fingerprint density at radius 1 is 1.06 bits per heavy atom. The van der Waals surface area contributed by atoms with E-state index in [1.807, 2.05) is 24.3 Å². The van der Waals surface area contributed by atoms with Crippen molar-refractivity contribution in [2.45, 2.75) is 69.2 Å². The average Bonchev–Trinajstić information content (AvgIpc) is 2.81. The Hall–Kier alpha value is -1.83. The second-order valence-corrected chi connectivity index (χ2v) is 12.2. The molecule has 1 aromatic carbocycles. The zero-order valence-corrected chi connectivity index (χ0v) is 20.5. The first-order chi connectivity index (χ1) is 16.0. The van der Waals surface area contributed by atoms with Crippen LogP contribution in [-0.4, -0.2) is 16.5 Å². The number of aryl methyl sites for hydroxylation is 1. The maximum atomic E-state index is 13.6. The van der Waals surface area contributed by atoms with Gasteiger partial charge >= 0.3 is 0 Å². The molecule has 33 heavy (non-hydrogen) atoms. The quantitative estimate of drug-likeness (QED) is 0.434. The fraction of sp³-hybridized carbons (Fsp3) is 0.536. The van der Waals surface area contributed by atoms with Gasteiger partial charge in [0.2, 0.25) is 0 Å². The van der Waals surface area contributed by atoms with Crippen molar-refractivity contribution in [3.63, 3.8) is 0 Å². The third-order valence-electron chi connectivity index (χ3n) is 8.66. The number of aromatic nitrogens is 1. The molecule has 5 heteroatoms. The zero-order chi connectivity index (χ0) is 22.6. The molecular weight excluding hydrogens is 448 g/mol. The zero-order valence-electron chi connectivity index (χ0n) is 18.9. The highest BCUT2D eigenvalue weighted by Gasteiger charge is 2.54. The summed E-state index contributed by atoms with van der Waals surface area (Å²) in [5, 5.41) is 11.6. The molecule has 0 spiro atoms. The number of fused-ring (bicyclic) bond motifs is 1. The van der Waals surface area contributed by atoms with E-state index in [9.17, 15) is 10.1 Å². The first-order valence-corrected chi connectivity index (χ1v) is 13.8. The summed E-state index contributed by atoms with van der Waals surface area (Å²) in [5.41, 5.74) is 4.87. The number of benzene rings is 1. The summed E-state index contributed by atoms with van der Waals surface area (Å²) in [6, 6.07) is 10.2. The van der Waals surface area contributed by atoms with E-state index in [4.69, 9.17) is 16.6 Å². The Bertz CT molecular complexity index is 1110. The molecule has 0 aliphatic heterocycles. The molecule has 4 saturated carbocycles. The first kappa shape index (κ1) is 21.7. The van der Waals surface area contributed by atoms with E-state index >= 15 is 0 Å². The number of hydrogen-bond donors (Lipinski definition) is 0. The van der Waals surface area contributed by atoms with E-state index in [0.717, 1.165) is 84.5 Å². The normalized spacial score (nSPS) is 29.5. The molecule has 5 aliphatic carbocycles. The maximum Gasteiger partial charge on any atom is 0.149 e. The molecule has 5 aliphatic rings. The molecule has 4 bridgehead atoms. The monoisotopic (exact) mass is 476 g/mol. The van der Waals surface area contributed by atoms with Crippen LogP contribution in [0.3, 0.4) is 0 Å². The Morgan fingerprint density at radius 3 is 2.33 bits per heavy atom. The highest BCUT2D eigenvalue weighted by molar-refractivity contribution is 8.00. The fourth-order valence-electron chi connectivity index (χ4n) is 7.60. The molecular formula is C28H29ClN2OS. The Labute approximate surface area is 205 Å². The van der Waals surface area contributed by atoms with Crippen LogP contribution in [0.4, 0.5) is 0 Å². The summed E-state index contributed by atoms with van der Waals surface area (Å²) in [5.74, 6) is 3.13. The largest absolute Gasteiger partial charge is 0.298 e. The summed E-state index contributed by atoms with van der Waals surface area (Å²) in [7, 11) is 0. The molecule has 0 N–H and O–H groups in total. The van der Waals surface area contributed by atoms with Gasteiger partial charge in [-0.05, 0) is 105 Å². The van der Waals surface area contributed by atoms with E-state index in [1.54, 1.807) is 0 Å². The van der Waals surface area contributed by atoms with Crippen LogP contribution in [0.15, 0.2) is 29.3 Å². The highest BCUT2D eigenvalue weighted by Crippen LogP contribution is 2.60. The van der Waals surface area contributed by atoms with Gasteiger partial charge in [-0.15, -0.1) is 0 Å². The fourth-order valence-corrected chi connectivity index (χ4v) is 8.77. The minimum absolute atomic E-state index is 0.0955. The smallest absolute Gasteiger partial charge is 0.149 e. The number of carbonyl (C=O) groups is 1. The van der Waals surface area contributed by atoms with Gasteiger partial charge in [-0.3, -0.25) is 4.79 Å². The van der Waals surface area contributed by atoms with Crippen molar-refractivity contribution in [2.24, 2.45) is 23.2 Å². The lowest BCUT2D eigenvalue weighted by Gasteiger charge is -2.56. The second kappa shape index (κ2) is 8.43. The molecule has 1 aromatic heterocycles. The van der Waals surface area contributed by atoms with E-state index in [0.29, 0.717) is 22.1 Å². The Kier molecular flexibility index (Phi) is 5.54. The summed E-state index contributed by atoms with van der Waals surface area (Å²) in [6.45, 7) is 0. The van der Waals surface area contributed by atoms with Crippen LogP contribution in [-0.2, 0) is 17.6 Å². The van der Waals surface area contributed by atoms with Gasteiger partial charge < -0.3 is 0 Å². The van der Waals surface area contributed by atoms with E-state index in [2.05, 4.69) is 6.07 Å². The molecule has 0 atom stereocenters. The summed E-state index contributed by atoms with van der Waals surface area (Å²) in [6.07, 6.45) is 11.5. The number of rotatable bonds is 5. The van der Waals surface area contributed by atoms with Gasteiger partial charge in [0.1, 0.15) is 16.9 Å². The van der Waals surface area contributed by atoms with Crippen LogP contribution in [0.2, 0.25) is 5.02 Å². The van der Waals surface area contributed by atoms with Crippen molar-refractivity contribution in [1.29, 1.82) is 5.26 Å². The van der Waals surface area contributed by atoms with Gasteiger partial charge in [-0.2, -0.15) is 5.26 Å². The number of nitriles is 1. The number of Topliss-reactive ketones (excluding diaryl/α,β-unsaturated/α-hetero) is 1. The third kappa shape index (κ3) is 3.82. The SMILES string of the molecule is N#Cc1c(SCC(=O)C23CC4CC(CC(C4)C2)C3)nc2c(c1-c1ccc(Cl)cc1)CCCC2. The lowest BCUT2D eigenvalue weighted by atomic mass is 9.48. The van der Waals surface area contributed by atoms with Gasteiger partial charge in [-0.1, -0.05) is 35.5 Å². The minimum atomic E-state index is -0.0955. The lowest BCUT2D eigenvalue weighted by Crippen LogP contribution is -2.50. The van der Waals surface area contributed by atoms with E-state index in [1.165, 1.54) is 36.6 Å². The molecule has 3 nitrogen and oxygen atoms in total. The number of hydrogen-bond acceptors (Lipinski definition) is 4. The number of carbonyl (C=O) groups excluding carboxylic acids is 1. The number of halogens is 1. The molecule has 0 saturated heterocycles. The minimum Gasteiger partial charge on any atom is -0.298 e. The van der Waals surface area contributed by atoms with Gasteiger partial charge in [0, 0.05) is 21.7 Å². The van der Waals surface area contributed by atoms with Gasteiger partial charge in [0.15, 0.2) is 0 Å². The predicted molar refractivity (Wildman–Crippen MR) is 132 cm³/mol. The van der Waals surface area contributed by atoms with E-state index in [-0.39, 0.29) is 5.41 Å². The third-order valence-corrected chi connectivity index (χ3v) is 9.88. The van der Waals surface area contributed by atoms with Crippen molar-refractivity contribution in [3.8, 4) is 17.2 Å². The number of ketones is 1. The Balaban J connectivity index is 1.32. The second-order valence-electron chi connectivity index (χ2n) is 10.8. The number of thioether (sulfide) groups is 1. The highest BCUT2D eigenvalue weighted by atomic mass is 35.5. The van der Waals surface area contributed by atoms with Crippen LogP contribution in [0.1, 0.15) is 68.2 Å². The Morgan fingerprint density at radius 2 is 1.70 bits per heavy atom. The average molecular weight is 477 g/mol. The van der Waals surface area contributed by atoms with Crippen LogP contribution in [0, 0.1) is 34.5 Å². The molecule has 0 unspecified atom stereocenters. The lowest BCUT2D eigenvalue weighted by molar-refractivity contribution is -0.141. The van der Waals surface area contributed by atoms with Gasteiger partial charge in [0.25, 0.3) is 0 Å². The summed E-state index contributed by atoms with van der Waals surface area (Å²) < 4.78 is 0. The number of nitrogens with zero attached hydrogens (tertiary/aromatic N) is 2.